The van der Waals surface area contributed by atoms with Crippen molar-refractivity contribution >= 4 is 31.6 Å². The van der Waals surface area contributed by atoms with Crippen molar-refractivity contribution in [3.8, 4) is 11.2 Å². The van der Waals surface area contributed by atoms with Crippen LogP contribution in [0.25, 0.3) is 21.5 Å². The monoisotopic (exact) mass is 654 g/mol. The first kappa shape index (κ1) is 31.7. The Kier molecular flexibility index (Phi) is 8.92. The number of benzene rings is 6. The molecule has 2 unspecified atom stereocenters. The second-order valence-electron chi connectivity index (χ2n) is 14.2. The van der Waals surface area contributed by atoms with Gasteiger partial charge in [-0.25, -0.2) is 0 Å². The molecule has 0 N–H and O–H groups in total. The zero-order chi connectivity index (χ0) is 33.2. The maximum atomic E-state index is 4.16. The average molecular weight is 655 g/mol. The first-order chi connectivity index (χ1) is 24.1. The van der Waals surface area contributed by atoms with Crippen molar-refractivity contribution in [3.63, 3.8) is 0 Å². The zero-order valence-electron chi connectivity index (χ0n) is 28.9. The van der Waals surface area contributed by atoms with Crippen LogP contribution in [0.15, 0.2) is 154 Å². The van der Waals surface area contributed by atoms with Crippen LogP contribution >= 0.6 is 10.0 Å². The Morgan fingerprint density at radius 1 is 0.592 bits per heavy atom. The quantitative estimate of drug-likeness (QED) is 0.0986. The zero-order valence-corrected chi connectivity index (χ0v) is 29.7. The fourth-order valence-corrected chi connectivity index (χ4v) is 11.8. The number of hydrogen-bond acceptors (Lipinski definition) is 0. The van der Waals surface area contributed by atoms with Crippen molar-refractivity contribution in [3.05, 3.63) is 162 Å². The number of fused-ring (bicyclic) bond motifs is 2. The van der Waals surface area contributed by atoms with Crippen molar-refractivity contribution in [2.24, 2.45) is 5.92 Å². The van der Waals surface area contributed by atoms with Gasteiger partial charge in [0.2, 0.25) is 0 Å². The van der Waals surface area contributed by atoms with Crippen molar-refractivity contribution < 1.29 is 0 Å². The Morgan fingerprint density at radius 3 is 1.76 bits per heavy atom. The first-order valence-corrected chi connectivity index (χ1v) is 20.0. The Balaban J connectivity index is 1.43. The summed E-state index contributed by atoms with van der Waals surface area (Å²) in [5.74, 6) is 5.63. The smallest absolute Gasteiger partial charge is 0.0411 e. The van der Waals surface area contributed by atoms with E-state index in [2.05, 4.69) is 165 Å². The maximum Gasteiger partial charge on any atom is 0.0411 e. The van der Waals surface area contributed by atoms with E-state index in [1.165, 1.54) is 92.3 Å². The molecule has 6 aromatic carbocycles. The number of rotatable bonds is 5. The van der Waals surface area contributed by atoms with E-state index >= 15 is 0 Å². The van der Waals surface area contributed by atoms with Gasteiger partial charge in [0.25, 0.3) is 0 Å². The predicted molar refractivity (Wildman–Crippen MR) is 211 cm³/mol. The van der Waals surface area contributed by atoms with Gasteiger partial charge in [-0.3, -0.25) is 0 Å². The molecule has 0 heterocycles. The van der Waals surface area contributed by atoms with Gasteiger partial charge in [-0.05, 0) is 124 Å². The molecule has 0 aromatic heterocycles. The van der Waals surface area contributed by atoms with E-state index in [9.17, 15) is 0 Å². The minimum absolute atomic E-state index is 0.422. The summed E-state index contributed by atoms with van der Waals surface area (Å²) in [6, 6.07) is 47.7. The van der Waals surface area contributed by atoms with Gasteiger partial charge in [-0.2, -0.15) is 0 Å². The van der Waals surface area contributed by atoms with E-state index in [1.54, 1.807) is 5.56 Å². The summed E-state index contributed by atoms with van der Waals surface area (Å²) in [4.78, 5) is 3.88. The molecule has 0 radical (unpaired) electrons. The van der Waals surface area contributed by atoms with E-state index in [0.717, 1.165) is 5.56 Å². The van der Waals surface area contributed by atoms with Gasteiger partial charge in [0, 0.05) is 26.2 Å². The average Bonchev–Trinajstić information content (AvgIpc) is 3.16. The van der Waals surface area contributed by atoms with Gasteiger partial charge in [0.05, 0.1) is 0 Å². The van der Waals surface area contributed by atoms with Crippen LogP contribution in [0.3, 0.4) is 0 Å². The van der Waals surface area contributed by atoms with Crippen LogP contribution in [-0.2, 0) is 0 Å². The molecule has 0 aliphatic heterocycles. The van der Waals surface area contributed by atoms with E-state index in [4.69, 9.17) is 0 Å². The normalized spacial score (nSPS) is 18.7. The summed E-state index contributed by atoms with van der Waals surface area (Å²) in [5, 5.41) is 9.50. The van der Waals surface area contributed by atoms with Gasteiger partial charge in [-0.15, -0.1) is 0 Å². The lowest BCUT2D eigenvalue weighted by molar-refractivity contribution is 0.447. The largest absolute Gasteiger partial charge is 0.0948 e. The summed E-state index contributed by atoms with van der Waals surface area (Å²) >= 11 is 0. The molecule has 0 spiro atoms. The maximum absolute atomic E-state index is 4.16. The van der Waals surface area contributed by atoms with Crippen molar-refractivity contribution in [1.29, 1.82) is 0 Å². The van der Waals surface area contributed by atoms with E-state index in [0.29, 0.717) is 17.8 Å². The van der Waals surface area contributed by atoms with Gasteiger partial charge < -0.3 is 0 Å². The molecule has 1 saturated carbocycles. The van der Waals surface area contributed by atoms with Crippen molar-refractivity contribution in [2.45, 2.75) is 85.3 Å². The van der Waals surface area contributed by atoms with E-state index in [1.807, 2.05) is 0 Å². The number of allylic oxidation sites excluding steroid dienone is 2. The van der Waals surface area contributed by atoms with Crippen LogP contribution in [0, 0.1) is 24.0 Å². The van der Waals surface area contributed by atoms with Crippen LogP contribution in [0.2, 0.25) is 0 Å². The highest BCUT2D eigenvalue weighted by molar-refractivity contribution is 8.37. The van der Waals surface area contributed by atoms with Crippen molar-refractivity contribution in [2.75, 3.05) is 0 Å². The molecule has 2 aliphatic rings. The van der Waals surface area contributed by atoms with Gasteiger partial charge in [0.15, 0.2) is 0 Å². The van der Waals surface area contributed by atoms with Gasteiger partial charge in [-0.1, -0.05) is 145 Å². The highest BCUT2D eigenvalue weighted by Gasteiger charge is 2.32. The molecule has 2 aliphatic carbocycles. The Bertz CT molecular complexity index is 2090. The highest BCUT2D eigenvalue weighted by Crippen LogP contribution is 2.68. The molecule has 0 saturated heterocycles. The van der Waals surface area contributed by atoms with Gasteiger partial charge >= 0.3 is 0 Å². The molecule has 6 aromatic rings. The Morgan fingerprint density at radius 2 is 1.16 bits per heavy atom. The van der Waals surface area contributed by atoms with Crippen LogP contribution in [0.1, 0.15) is 86.0 Å². The third-order valence-corrected chi connectivity index (χ3v) is 14.5. The fraction of sp³-hybridized carbons (Fsp3) is 0.250. The van der Waals surface area contributed by atoms with E-state index in [-0.39, 0.29) is 0 Å². The third-order valence-electron chi connectivity index (χ3n) is 11.2. The van der Waals surface area contributed by atoms with E-state index < -0.39 is 10.0 Å². The molecular weight excluding hydrogens is 609 g/mol. The molecule has 1 heteroatoms. The van der Waals surface area contributed by atoms with Crippen LogP contribution in [0.4, 0.5) is 0 Å². The molecular formula is C48H46S. The predicted octanol–water partition coefficient (Wildman–Crippen LogP) is 13.7. The van der Waals surface area contributed by atoms with Crippen molar-refractivity contribution in [1.82, 2.24) is 0 Å². The Labute approximate surface area is 294 Å². The topological polar surface area (TPSA) is 0 Å². The summed E-state index contributed by atoms with van der Waals surface area (Å²) < 4.78 is 0. The van der Waals surface area contributed by atoms with Gasteiger partial charge in [0.1, 0.15) is 0 Å². The summed E-state index contributed by atoms with van der Waals surface area (Å²) in [5.41, 5.74) is 5.51. The fourth-order valence-electron chi connectivity index (χ4n) is 8.64. The van der Waals surface area contributed by atoms with Crippen LogP contribution in [0.5, 0.6) is 0 Å². The molecule has 2 atom stereocenters. The highest BCUT2D eigenvalue weighted by atomic mass is 32.3. The second kappa shape index (κ2) is 13.8. The first-order valence-electron chi connectivity index (χ1n) is 18.3. The van der Waals surface area contributed by atoms with Crippen LogP contribution < -0.4 is 0 Å². The molecule has 8 rings (SSSR count). The number of aryl methyl sites for hydroxylation is 1. The Hall–Kier alpha value is -4.51. The second-order valence-corrected chi connectivity index (χ2v) is 17.1. The third kappa shape index (κ3) is 5.81. The number of hydrogen-bond donors (Lipinski definition) is 0. The summed E-state index contributed by atoms with van der Waals surface area (Å²) in [7, 11) is -1.98. The molecule has 0 nitrogen and oxygen atoms in total. The van der Waals surface area contributed by atoms with Crippen LogP contribution in [-0.4, -0.2) is 0 Å². The molecule has 0 bridgehead atoms. The summed E-state index contributed by atoms with van der Waals surface area (Å²) in [6.07, 6.45) is 13.8. The lowest BCUT2D eigenvalue weighted by Crippen LogP contribution is -2.13. The minimum Gasteiger partial charge on any atom is -0.0948 e. The lowest BCUT2D eigenvalue weighted by atomic mass is 9.78. The SMILES string of the molecule is Cc1ccc(S(C#Cc2c3ccccc3c(C3CCCCC3)c3ccccc23)(c2ccccc2)c2ccccc2)cc1C1C=CCCC1C. The summed E-state index contributed by atoms with van der Waals surface area (Å²) in [6.45, 7) is 4.70. The molecule has 244 valence electrons. The molecule has 49 heavy (non-hydrogen) atoms. The minimum atomic E-state index is -1.98. The standard InChI is InChI=1S/C48H46S/c1-35-18-12-13-25-41(35)47-34-40(31-30-36(47)2)49(38-21-8-4-9-22-38,39-23-10-5-11-24-39)33-32-44-42-26-14-16-28-45(42)48(37-19-6-3-7-20-37)46-29-17-15-27-43(44)46/h4-5,8-11,13-17,21-31,34-35,37,41H,3,6-7,12,18-20H2,1-2H3. The molecule has 0 amide bonds. The molecule has 1 fully saturated rings. The lowest BCUT2D eigenvalue weighted by Gasteiger charge is -2.37.